The second kappa shape index (κ2) is 20.8. The molecule has 1 aromatic carbocycles. The molecule has 0 radical (unpaired) electrons. The van der Waals surface area contributed by atoms with Gasteiger partial charge in [-0.1, -0.05) is 42.9 Å². The molecule has 1 N–H and O–H groups in total. The summed E-state index contributed by atoms with van der Waals surface area (Å²) in [6, 6.07) is 5.03. The molecule has 4 nitrogen and oxygen atoms in total. The van der Waals surface area contributed by atoms with Crippen LogP contribution in [0.3, 0.4) is 0 Å². The van der Waals surface area contributed by atoms with Crippen molar-refractivity contribution in [3.63, 3.8) is 0 Å². The second-order valence-corrected chi connectivity index (χ2v) is 9.65. The summed E-state index contributed by atoms with van der Waals surface area (Å²) >= 11 is 8.73. The number of hydrogen-bond donors (Lipinski definition) is 3. The van der Waals surface area contributed by atoms with Crippen molar-refractivity contribution in [2.75, 3.05) is 24.7 Å². The van der Waals surface area contributed by atoms with Crippen molar-refractivity contribution in [3.05, 3.63) is 44.8 Å². The first kappa shape index (κ1) is 29.2. The third kappa shape index (κ3) is 13.7. The minimum Gasteiger partial charge on any atom is -0.396 e. The molecule has 0 atom stereocenters. The molecule has 0 fully saturated rings. The number of benzene rings is 1. The summed E-state index contributed by atoms with van der Waals surface area (Å²) in [5.41, 5.74) is 14.6. The van der Waals surface area contributed by atoms with Crippen molar-refractivity contribution < 1.29 is 5.11 Å². The molecule has 182 valence electrons. The van der Waals surface area contributed by atoms with Gasteiger partial charge in [0.2, 0.25) is 0 Å². The predicted octanol–water partition coefficient (Wildman–Crippen LogP) is 7.70. The van der Waals surface area contributed by atoms with E-state index in [0.717, 1.165) is 62.9 Å². The average Bonchev–Trinajstić information content (AvgIpc) is 2.80. The van der Waals surface area contributed by atoms with Gasteiger partial charge in [-0.2, -0.15) is 25.3 Å². The van der Waals surface area contributed by atoms with E-state index in [4.69, 9.17) is 10.6 Å². The van der Waals surface area contributed by atoms with Crippen molar-refractivity contribution in [1.29, 1.82) is 0 Å². The number of unbranched alkanes of at least 4 members (excludes halogenated alkanes) is 8. The van der Waals surface area contributed by atoms with E-state index < -0.39 is 0 Å². The van der Waals surface area contributed by atoms with Gasteiger partial charge in [0.25, 0.3) is 0 Å². The van der Waals surface area contributed by atoms with Gasteiger partial charge in [0.1, 0.15) is 0 Å². The van der Waals surface area contributed by atoms with E-state index in [1.807, 2.05) is 0 Å². The fourth-order valence-electron chi connectivity index (χ4n) is 4.25. The smallest absolute Gasteiger partial charge is 0.0431 e. The van der Waals surface area contributed by atoms with Crippen LogP contribution < -0.4 is 0 Å². The molecule has 0 aliphatic heterocycles. The van der Waals surface area contributed by atoms with Gasteiger partial charge in [0, 0.05) is 18.1 Å². The third-order valence-electron chi connectivity index (χ3n) is 6.10. The van der Waals surface area contributed by atoms with Gasteiger partial charge >= 0.3 is 0 Å². The molecular formula is C26H45N3OS2. The molecule has 0 aromatic heterocycles. The predicted molar refractivity (Wildman–Crippen MR) is 145 cm³/mol. The monoisotopic (exact) mass is 479 g/mol. The molecule has 0 saturated heterocycles. The van der Waals surface area contributed by atoms with Gasteiger partial charge in [-0.3, -0.25) is 0 Å². The van der Waals surface area contributed by atoms with Crippen LogP contribution in [0.2, 0.25) is 0 Å². The van der Waals surface area contributed by atoms with Crippen LogP contribution in [-0.2, 0) is 25.7 Å². The van der Waals surface area contributed by atoms with E-state index in [1.165, 1.54) is 62.5 Å². The number of azide groups is 1. The van der Waals surface area contributed by atoms with Gasteiger partial charge in [0.15, 0.2) is 0 Å². The van der Waals surface area contributed by atoms with Crippen LogP contribution in [0.4, 0.5) is 0 Å². The van der Waals surface area contributed by atoms with Gasteiger partial charge in [-0.25, -0.2) is 0 Å². The minimum absolute atomic E-state index is 0.291. The highest BCUT2D eigenvalue weighted by atomic mass is 32.1. The first-order valence-corrected chi connectivity index (χ1v) is 14.0. The highest BCUT2D eigenvalue weighted by molar-refractivity contribution is 7.80. The lowest BCUT2D eigenvalue weighted by Gasteiger charge is -2.17. The Morgan fingerprint density at radius 3 is 1.41 bits per heavy atom. The summed E-state index contributed by atoms with van der Waals surface area (Å²) in [5, 5.41) is 12.8. The zero-order chi connectivity index (χ0) is 23.3. The Morgan fingerprint density at radius 1 is 0.625 bits per heavy atom. The Morgan fingerprint density at radius 2 is 1.03 bits per heavy atom. The molecule has 32 heavy (non-hydrogen) atoms. The quantitative estimate of drug-likeness (QED) is 0.0546. The Bertz CT molecular complexity index is 648. The lowest BCUT2D eigenvalue weighted by atomic mass is 9.88. The van der Waals surface area contributed by atoms with E-state index in [2.05, 4.69) is 47.4 Å². The Kier molecular flexibility index (Phi) is 19.0. The summed E-state index contributed by atoms with van der Waals surface area (Å²) in [4.78, 5) is 2.85. The van der Waals surface area contributed by atoms with E-state index in [9.17, 15) is 0 Å². The first-order chi connectivity index (χ1) is 15.8. The van der Waals surface area contributed by atoms with Gasteiger partial charge in [-0.15, -0.1) is 0 Å². The molecule has 0 saturated carbocycles. The molecule has 0 heterocycles. The van der Waals surface area contributed by atoms with E-state index in [0.29, 0.717) is 13.2 Å². The van der Waals surface area contributed by atoms with Crippen LogP contribution in [0, 0.1) is 0 Å². The number of nitrogens with zero attached hydrogens (tertiary/aromatic N) is 3. The lowest BCUT2D eigenvalue weighted by Crippen LogP contribution is -2.04. The van der Waals surface area contributed by atoms with Gasteiger partial charge in [-0.05, 0) is 116 Å². The van der Waals surface area contributed by atoms with Gasteiger partial charge in [0.05, 0.1) is 0 Å². The normalized spacial score (nSPS) is 11.0. The molecule has 0 spiro atoms. The fraction of sp³-hybridized carbons (Fsp3) is 0.769. The van der Waals surface area contributed by atoms with Crippen LogP contribution in [0.1, 0.15) is 99.3 Å². The zero-order valence-corrected chi connectivity index (χ0v) is 21.8. The lowest BCUT2D eigenvalue weighted by molar-refractivity contribution is 0.283. The number of aryl methyl sites for hydroxylation is 4. The Hall–Kier alpha value is -0.810. The summed E-state index contributed by atoms with van der Waals surface area (Å²) < 4.78 is 0. The topological polar surface area (TPSA) is 69.0 Å². The fourth-order valence-corrected chi connectivity index (χ4v) is 4.70. The van der Waals surface area contributed by atoms with Crippen molar-refractivity contribution >= 4 is 25.3 Å². The van der Waals surface area contributed by atoms with E-state index >= 15 is 0 Å². The summed E-state index contributed by atoms with van der Waals surface area (Å²) in [6.45, 7) is 0.895. The van der Waals surface area contributed by atoms with E-state index in [-0.39, 0.29) is 0 Å². The molecule has 0 unspecified atom stereocenters. The van der Waals surface area contributed by atoms with Crippen LogP contribution in [0.15, 0.2) is 17.2 Å². The third-order valence-corrected chi connectivity index (χ3v) is 6.73. The summed E-state index contributed by atoms with van der Waals surface area (Å²) in [7, 11) is 0. The standard InChI is InChI=1S/C26H45N3OS2/c27-29-28-17-9-1-5-13-23-21-25(15-7-3-11-19-31)26(16-8-4-12-20-32)22-24(23)14-6-2-10-18-30/h21-22,30-32H,1-20H2. The minimum atomic E-state index is 0.291. The van der Waals surface area contributed by atoms with Crippen LogP contribution >= 0.6 is 25.3 Å². The van der Waals surface area contributed by atoms with Gasteiger partial charge < -0.3 is 5.11 Å². The molecule has 6 heteroatoms. The number of thiol groups is 2. The highest BCUT2D eigenvalue weighted by Gasteiger charge is 2.11. The number of rotatable bonds is 21. The number of aliphatic hydroxyl groups excluding tert-OH is 1. The first-order valence-electron chi connectivity index (χ1n) is 12.7. The molecule has 0 aliphatic rings. The molecule has 0 amide bonds. The zero-order valence-electron chi connectivity index (χ0n) is 20.0. The molecular weight excluding hydrogens is 434 g/mol. The molecule has 1 aromatic rings. The molecule has 0 aliphatic carbocycles. The van der Waals surface area contributed by atoms with Crippen LogP contribution in [0.25, 0.3) is 10.4 Å². The van der Waals surface area contributed by atoms with Crippen molar-refractivity contribution in [2.24, 2.45) is 5.11 Å². The SMILES string of the molecule is [N-]=[N+]=NCCCCCc1cc(CCCCCS)c(CCCCCS)cc1CCCCCO. The molecule has 0 bridgehead atoms. The van der Waals surface area contributed by atoms with E-state index in [1.54, 1.807) is 11.1 Å². The average molecular weight is 480 g/mol. The maximum absolute atomic E-state index is 9.12. The number of hydrogen-bond acceptors (Lipinski definition) is 4. The second-order valence-electron chi connectivity index (χ2n) is 8.76. The maximum atomic E-state index is 9.12. The highest BCUT2D eigenvalue weighted by Crippen LogP contribution is 2.25. The Balaban J connectivity index is 2.92. The van der Waals surface area contributed by atoms with Crippen LogP contribution in [-0.4, -0.2) is 29.8 Å². The molecule has 1 rings (SSSR count). The van der Waals surface area contributed by atoms with Crippen molar-refractivity contribution in [1.82, 2.24) is 0 Å². The Labute approximate surface area is 207 Å². The maximum Gasteiger partial charge on any atom is 0.0431 e. The van der Waals surface area contributed by atoms with Crippen LogP contribution in [0.5, 0.6) is 0 Å². The number of aliphatic hydroxyl groups is 1. The van der Waals surface area contributed by atoms with Crippen molar-refractivity contribution in [3.8, 4) is 0 Å². The summed E-state index contributed by atoms with van der Waals surface area (Å²) in [6.07, 6.45) is 18.3. The largest absolute Gasteiger partial charge is 0.396 e. The summed E-state index contributed by atoms with van der Waals surface area (Å²) in [5.74, 6) is 1.95. The van der Waals surface area contributed by atoms with Crippen molar-refractivity contribution in [2.45, 2.75) is 103 Å².